The summed E-state index contributed by atoms with van der Waals surface area (Å²) < 4.78 is 0. The number of rotatable bonds is 3. The Kier molecular flexibility index (Phi) is 4.13. The third-order valence-corrected chi connectivity index (χ3v) is 3.24. The van der Waals surface area contributed by atoms with Crippen molar-refractivity contribution in [2.75, 3.05) is 0 Å². The average Bonchev–Trinajstić information content (AvgIpc) is 2.08. The van der Waals surface area contributed by atoms with E-state index in [2.05, 4.69) is 6.92 Å². The molecule has 0 saturated heterocycles. The van der Waals surface area contributed by atoms with Crippen LogP contribution in [-0.4, -0.2) is 13.9 Å². The van der Waals surface area contributed by atoms with Gasteiger partial charge in [0.25, 0.3) is 0 Å². The third kappa shape index (κ3) is 2.51. The Labute approximate surface area is 77.5 Å². The van der Waals surface area contributed by atoms with Crippen LogP contribution < -0.4 is 5.73 Å². The minimum Gasteiger partial charge on any atom is -0.328 e. The van der Waals surface area contributed by atoms with Crippen LogP contribution in [0.2, 0.25) is 6.32 Å². The van der Waals surface area contributed by atoms with E-state index in [-0.39, 0.29) is 0 Å². The van der Waals surface area contributed by atoms with Gasteiger partial charge in [0.05, 0.1) is 7.85 Å². The highest BCUT2D eigenvalue weighted by atomic mass is 14.6. The van der Waals surface area contributed by atoms with Gasteiger partial charge in [-0.15, -0.1) is 0 Å². The predicted octanol–water partition coefficient (Wildman–Crippen LogP) is 2.12. The molecule has 1 rings (SSSR count). The van der Waals surface area contributed by atoms with Gasteiger partial charge in [0.15, 0.2) is 0 Å². The fourth-order valence-corrected chi connectivity index (χ4v) is 2.46. The first kappa shape index (κ1) is 10.1. The lowest BCUT2D eigenvalue weighted by molar-refractivity contribution is 0.204. The molecule has 68 valence electrons. The van der Waals surface area contributed by atoms with E-state index in [0.717, 1.165) is 18.2 Å². The number of nitrogens with two attached hydrogens (primary N) is 1. The lowest BCUT2D eigenvalue weighted by Gasteiger charge is -2.34. The number of hydrogen-bond acceptors (Lipinski definition) is 1. The molecule has 3 atom stereocenters. The van der Waals surface area contributed by atoms with Crippen molar-refractivity contribution >= 4 is 7.85 Å². The van der Waals surface area contributed by atoms with Crippen molar-refractivity contribution in [2.24, 2.45) is 17.6 Å². The molecule has 1 aliphatic rings. The van der Waals surface area contributed by atoms with Crippen LogP contribution in [0.15, 0.2) is 0 Å². The minimum absolute atomic E-state index is 0.462. The van der Waals surface area contributed by atoms with Crippen LogP contribution in [0.1, 0.15) is 39.0 Å². The van der Waals surface area contributed by atoms with Crippen molar-refractivity contribution in [3.63, 3.8) is 0 Å². The highest BCUT2D eigenvalue weighted by Gasteiger charge is 2.26. The van der Waals surface area contributed by atoms with Gasteiger partial charge in [-0.25, -0.2) is 0 Å². The molecule has 12 heavy (non-hydrogen) atoms. The molecule has 1 nitrogen and oxygen atoms in total. The molecule has 0 unspecified atom stereocenters. The smallest absolute Gasteiger partial charge is 0.0653 e. The Morgan fingerprint density at radius 2 is 2.08 bits per heavy atom. The van der Waals surface area contributed by atoms with E-state index in [1.807, 2.05) is 0 Å². The third-order valence-electron chi connectivity index (χ3n) is 3.24. The second-order valence-electron chi connectivity index (χ2n) is 4.08. The highest BCUT2D eigenvalue weighted by molar-refractivity contribution is 6.08. The number of hydrogen-bond donors (Lipinski definition) is 1. The first-order valence-electron chi connectivity index (χ1n) is 5.23. The topological polar surface area (TPSA) is 26.0 Å². The Hall–Kier alpha value is 0.0249. The summed E-state index contributed by atoms with van der Waals surface area (Å²) in [7, 11) is 5.58. The molecule has 0 aromatic carbocycles. The maximum atomic E-state index is 5.93. The van der Waals surface area contributed by atoms with Crippen molar-refractivity contribution in [1.29, 1.82) is 0 Å². The molecule has 2 radical (unpaired) electrons. The van der Waals surface area contributed by atoms with Crippen LogP contribution in [0, 0.1) is 11.8 Å². The maximum Gasteiger partial charge on any atom is 0.0653 e. The van der Waals surface area contributed by atoms with Gasteiger partial charge in [-0.2, -0.15) is 0 Å². The highest BCUT2D eigenvalue weighted by Crippen LogP contribution is 2.34. The summed E-state index contributed by atoms with van der Waals surface area (Å²) in [5.74, 6) is 1.71. The van der Waals surface area contributed by atoms with Crippen LogP contribution >= 0.6 is 0 Å². The van der Waals surface area contributed by atoms with Crippen LogP contribution in [-0.2, 0) is 0 Å². The second-order valence-corrected chi connectivity index (χ2v) is 4.08. The lowest BCUT2D eigenvalue weighted by atomic mass is 9.72. The SMILES string of the molecule is [B]CC[C@H]1CC[C@@H](N)C[C@H]1CC. The minimum atomic E-state index is 0.462. The summed E-state index contributed by atoms with van der Waals surface area (Å²) in [5, 5.41) is 0. The second kappa shape index (κ2) is 4.91. The van der Waals surface area contributed by atoms with Gasteiger partial charge in [-0.05, 0) is 31.1 Å². The molecule has 0 aromatic heterocycles. The van der Waals surface area contributed by atoms with Crippen LogP contribution in [0.3, 0.4) is 0 Å². The zero-order valence-electron chi connectivity index (χ0n) is 8.13. The summed E-state index contributed by atoms with van der Waals surface area (Å²) in [4.78, 5) is 0. The zero-order chi connectivity index (χ0) is 8.97. The lowest BCUT2D eigenvalue weighted by Crippen LogP contribution is -2.33. The first-order chi connectivity index (χ1) is 5.77. The van der Waals surface area contributed by atoms with Gasteiger partial charge in [0.1, 0.15) is 0 Å². The van der Waals surface area contributed by atoms with Crippen LogP contribution in [0.5, 0.6) is 0 Å². The molecule has 1 aliphatic carbocycles. The molecule has 0 bridgehead atoms. The van der Waals surface area contributed by atoms with Crippen LogP contribution in [0.25, 0.3) is 0 Å². The monoisotopic (exact) mass is 165 g/mol. The summed E-state index contributed by atoms with van der Waals surface area (Å²) in [6.07, 6.45) is 7.05. The average molecular weight is 165 g/mol. The molecular formula is C10H20BN. The summed E-state index contributed by atoms with van der Waals surface area (Å²) in [6.45, 7) is 2.27. The molecule has 0 aliphatic heterocycles. The Morgan fingerprint density at radius 1 is 1.33 bits per heavy atom. The van der Waals surface area contributed by atoms with Crippen molar-refractivity contribution in [2.45, 2.75) is 51.4 Å². The summed E-state index contributed by atoms with van der Waals surface area (Å²) in [6, 6.07) is 0.462. The van der Waals surface area contributed by atoms with Crippen molar-refractivity contribution in [1.82, 2.24) is 0 Å². The van der Waals surface area contributed by atoms with Crippen molar-refractivity contribution in [3.8, 4) is 0 Å². The molecule has 0 aromatic rings. The van der Waals surface area contributed by atoms with E-state index >= 15 is 0 Å². The fraction of sp³-hybridized carbons (Fsp3) is 1.00. The molecule has 0 heterocycles. The molecular weight excluding hydrogens is 145 g/mol. The van der Waals surface area contributed by atoms with Gasteiger partial charge in [-0.1, -0.05) is 26.1 Å². The van der Waals surface area contributed by atoms with Gasteiger partial charge in [0.2, 0.25) is 0 Å². The molecule has 2 N–H and O–H groups in total. The van der Waals surface area contributed by atoms with Gasteiger partial charge >= 0.3 is 0 Å². The van der Waals surface area contributed by atoms with E-state index < -0.39 is 0 Å². The van der Waals surface area contributed by atoms with Gasteiger partial charge < -0.3 is 5.73 Å². The van der Waals surface area contributed by atoms with E-state index in [1.54, 1.807) is 0 Å². The molecule has 1 saturated carbocycles. The van der Waals surface area contributed by atoms with Crippen molar-refractivity contribution in [3.05, 3.63) is 0 Å². The zero-order valence-corrected chi connectivity index (χ0v) is 8.13. The predicted molar refractivity (Wildman–Crippen MR) is 54.3 cm³/mol. The summed E-state index contributed by atoms with van der Waals surface area (Å²) >= 11 is 0. The molecule has 0 spiro atoms. The normalized spacial score (nSPS) is 36.7. The molecule has 1 fully saturated rings. The molecule has 0 amide bonds. The Morgan fingerprint density at radius 3 is 2.67 bits per heavy atom. The van der Waals surface area contributed by atoms with Crippen LogP contribution in [0.4, 0.5) is 0 Å². The van der Waals surface area contributed by atoms with Crippen molar-refractivity contribution < 1.29 is 0 Å². The Bertz CT molecular complexity index is 127. The fourth-order valence-electron chi connectivity index (χ4n) is 2.46. The van der Waals surface area contributed by atoms with E-state index in [9.17, 15) is 0 Å². The maximum absolute atomic E-state index is 5.93. The molecule has 2 heteroatoms. The van der Waals surface area contributed by atoms with E-state index in [1.165, 1.54) is 32.1 Å². The van der Waals surface area contributed by atoms with Gasteiger partial charge in [-0.3, -0.25) is 0 Å². The Balaban J connectivity index is 2.39. The quantitative estimate of drug-likeness (QED) is 0.637. The first-order valence-corrected chi connectivity index (χ1v) is 5.23. The van der Waals surface area contributed by atoms with Gasteiger partial charge in [0, 0.05) is 6.04 Å². The largest absolute Gasteiger partial charge is 0.328 e. The standard InChI is InChI=1S/C10H20BN/c1-2-8-7-10(12)4-3-9(8)5-6-11/h8-10H,2-7,12H2,1H3/t8-,9-,10-/m1/s1. The van der Waals surface area contributed by atoms with E-state index in [0.29, 0.717) is 6.04 Å². The summed E-state index contributed by atoms with van der Waals surface area (Å²) in [5.41, 5.74) is 5.93. The van der Waals surface area contributed by atoms with E-state index in [4.69, 9.17) is 13.6 Å².